The molecule has 0 unspecified atom stereocenters. The van der Waals surface area contributed by atoms with Gasteiger partial charge in [0.25, 0.3) is 0 Å². The second-order valence-corrected chi connectivity index (χ2v) is 5.44. The Hall–Kier alpha value is -1.25. The highest BCUT2D eigenvalue weighted by molar-refractivity contribution is 7.85. The molecule has 1 N–H and O–H groups in total. The molecule has 0 aromatic carbocycles. The third kappa shape index (κ3) is 2.46. The van der Waals surface area contributed by atoms with Crippen molar-refractivity contribution in [2.45, 2.75) is 23.1 Å². The van der Waals surface area contributed by atoms with Gasteiger partial charge in [-0.15, -0.1) is 0 Å². The number of aromatic nitrogens is 1. The zero-order valence-electron chi connectivity index (χ0n) is 8.85. The molecule has 2 rings (SSSR count). The summed E-state index contributed by atoms with van der Waals surface area (Å²) in [5.74, 6) is 0. The van der Waals surface area contributed by atoms with Crippen molar-refractivity contribution in [1.29, 1.82) is 5.26 Å². The van der Waals surface area contributed by atoms with Crippen LogP contribution in [0.15, 0.2) is 23.4 Å². The molecule has 0 radical (unpaired) electrons. The van der Waals surface area contributed by atoms with Crippen LogP contribution < -0.4 is 5.32 Å². The second kappa shape index (κ2) is 5.19. The summed E-state index contributed by atoms with van der Waals surface area (Å²) < 4.78 is 12.2. The third-order valence-electron chi connectivity index (χ3n) is 2.62. The molecule has 0 amide bonds. The van der Waals surface area contributed by atoms with E-state index in [0.29, 0.717) is 10.6 Å². The lowest BCUT2D eigenvalue weighted by Gasteiger charge is -2.21. The molecule has 4 nitrogen and oxygen atoms in total. The number of hydrogen-bond donors (Lipinski definition) is 1. The van der Waals surface area contributed by atoms with Gasteiger partial charge in [-0.25, -0.2) is 4.98 Å². The number of rotatable bonds is 2. The van der Waals surface area contributed by atoms with Crippen LogP contribution >= 0.6 is 0 Å². The smallest absolute Gasteiger partial charge is 0.128 e. The fourth-order valence-electron chi connectivity index (χ4n) is 1.76. The maximum absolute atomic E-state index is 12.2. The van der Waals surface area contributed by atoms with Crippen LogP contribution in [0.4, 0.5) is 0 Å². The summed E-state index contributed by atoms with van der Waals surface area (Å²) >= 11 is 0. The van der Waals surface area contributed by atoms with Gasteiger partial charge in [-0.05, 0) is 31.5 Å². The van der Waals surface area contributed by atoms with Crippen LogP contribution in [-0.2, 0) is 10.8 Å². The van der Waals surface area contributed by atoms with Gasteiger partial charge in [0.15, 0.2) is 0 Å². The molecule has 5 heteroatoms. The topological polar surface area (TPSA) is 65.8 Å². The lowest BCUT2D eigenvalue weighted by Crippen LogP contribution is -2.36. The van der Waals surface area contributed by atoms with E-state index >= 15 is 0 Å². The monoisotopic (exact) mass is 235 g/mol. The first kappa shape index (κ1) is 11.2. The summed E-state index contributed by atoms with van der Waals surface area (Å²) in [7, 11) is -1.11. The van der Waals surface area contributed by atoms with Gasteiger partial charge in [-0.2, -0.15) is 5.26 Å². The van der Waals surface area contributed by atoms with Gasteiger partial charge in [0.2, 0.25) is 0 Å². The van der Waals surface area contributed by atoms with Crippen molar-refractivity contribution >= 4 is 10.8 Å². The van der Waals surface area contributed by atoms with Gasteiger partial charge >= 0.3 is 0 Å². The number of nitriles is 1. The molecule has 1 fully saturated rings. The van der Waals surface area contributed by atoms with Crippen LogP contribution in [0.1, 0.15) is 18.4 Å². The van der Waals surface area contributed by atoms with Crippen molar-refractivity contribution in [3.05, 3.63) is 23.9 Å². The zero-order chi connectivity index (χ0) is 11.4. The van der Waals surface area contributed by atoms with Gasteiger partial charge < -0.3 is 5.32 Å². The van der Waals surface area contributed by atoms with Crippen LogP contribution in [0.2, 0.25) is 0 Å². The number of hydrogen-bond acceptors (Lipinski definition) is 4. The molecule has 16 heavy (non-hydrogen) atoms. The van der Waals surface area contributed by atoms with E-state index in [1.165, 1.54) is 0 Å². The van der Waals surface area contributed by atoms with Crippen molar-refractivity contribution in [2.24, 2.45) is 0 Å². The minimum atomic E-state index is -1.11. The average molecular weight is 235 g/mol. The Balaban J connectivity index is 2.16. The first-order valence-electron chi connectivity index (χ1n) is 5.28. The maximum atomic E-state index is 12.2. The van der Waals surface area contributed by atoms with Crippen LogP contribution in [0.25, 0.3) is 0 Å². The van der Waals surface area contributed by atoms with E-state index in [2.05, 4.69) is 10.3 Å². The quantitative estimate of drug-likeness (QED) is 0.824. The standard InChI is InChI=1S/C11H13N3OS/c12-7-9-3-5-14-11(6-9)16(15)10-2-1-4-13-8-10/h3,5-6,10,13H,1-2,4,8H2/t10-,16+/m0/s1. The molecule has 1 saturated heterocycles. The molecule has 1 aromatic rings. The number of pyridine rings is 1. The van der Waals surface area contributed by atoms with E-state index in [9.17, 15) is 4.21 Å². The van der Waals surface area contributed by atoms with E-state index < -0.39 is 10.8 Å². The van der Waals surface area contributed by atoms with E-state index in [1.54, 1.807) is 18.3 Å². The largest absolute Gasteiger partial charge is 0.316 e. The fourth-order valence-corrected chi connectivity index (χ4v) is 3.16. The molecule has 84 valence electrons. The predicted molar refractivity (Wildman–Crippen MR) is 61.3 cm³/mol. The third-order valence-corrected chi connectivity index (χ3v) is 4.27. The summed E-state index contributed by atoms with van der Waals surface area (Å²) in [6.45, 7) is 1.77. The summed E-state index contributed by atoms with van der Waals surface area (Å²) in [6, 6.07) is 5.28. The Morgan fingerprint density at radius 1 is 1.62 bits per heavy atom. The molecular weight excluding hydrogens is 222 g/mol. The van der Waals surface area contributed by atoms with E-state index in [1.807, 2.05) is 6.07 Å². The second-order valence-electron chi connectivity index (χ2n) is 3.76. The first-order valence-corrected chi connectivity index (χ1v) is 6.50. The fraction of sp³-hybridized carbons (Fsp3) is 0.455. The molecule has 1 aromatic heterocycles. The Labute approximate surface area is 97.2 Å². The van der Waals surface area contributed by atoms with Crippen LogP contribution in [0.3, 0.4) is 0 Å². The highest BCUT2D eigenvalue weighted by Gasteiger charge is 2.21. The van der Waals surface area contributed by atoms with Gasteiger partial charge in [-0.1, -0.05) is 0 Å². The van der Waals surface area contributed by atoms with Crippen molar-refractivity contribution in [2.75, 3.05) is 13.1 Å². The summed E-state index contributed by atoms with van der Waals surface area (Å²) in [5, 5.41) is 12.6. The van der Waals surface area contributed by atoms with Gasteiger partial charge in [-0.3, -0.25) is 4.21 Å². The van der Waals surface area contributed by atoms with Gasteiger partial charge in [0, 0.05) is 12.7 Å². The minimum Gasteiger partial charge on any atom is -0.316 e. The first-order chi connectivity index (χ1) is 7.81. The average Bonchev–Trinajstić information content (AvgIpc) is 2.39. The number of piperidine rings is 1. The lowest BCUT2D eigenvalue weighted by molar-refractivity contribution is 0.519. The van der Waals surface area contributed by atoms with Gasteiger partial charge in [0.1, 0.15) is 5.03 Å². The van der Waals surface area contributed by atoms with E-state index in [4.69, 9.17) is 5.26 Å². The Kier molecular flexibility index (Phi) is 3.65. The Bertz CT molecular complexity index is 435. The minimum absolute atomic E-state index is 0.121. The van der Waals surface area contributed by atoms with E-state index in [-0.39, 0.29) is 5.25 Å². The van der Waals surface area contributed by atoms with Crippen molar-refractivity contribution < 1.29 is 4.21 Å². The molecule has 0 bridgehead atoms. The van der Waals surface area contributed by atoms with Crippen LogP contribution in [-0.4, -0.2) is 27.5 Å². The summed E-state index contributed by atoms with van der Waals surface area (Å²) in [4.78, 5) is 4.08. The number of nitrogens with one attached hydrogen (secondary N) is 1. The maximum Gasteiger partial charge on any atom is 0.128 e. The Morgan fingerprint density at radius 2 is 2.50 bits per heavy atom. The molecule has 0 saturated carbocycles. The molecule has 1 aliphatic heterocycles. The van der Waals surface area contributed by atoms with Crippen molar-refractivity contribution in [1.82, 2.24) is 10.3 Å². The normalized spacial score (nSPS) is 22.3. The van der Waals surface area contributed by atoms with Crippen LogP contribution in [0.5, 0.6) is 0 Å². The number of nitrogens with zero attached hydrogens (tertiary/aromatic N) is 2. The molecule has 2 atom stereocenters. The lowest BCUT2D eigenvalue weighted by atomic mass is 10.2. The Morgan fingerprint density at radius 3 is 3.19 bits per heavy atom. The zero-order valence-corrected chi connectivity index (χ0v) is 9.67. The molecule has 1 aliphatic rings. The van der Waals surface area contributed by atoms with Crippen molar-refractivity contribution in [3.63, 3.8) is 0 Å². The SMILES string of the molecule is N#Cc1ccnc([S@](=O)[C@H]2CCCNC2)c1. The van der Waals surface area contributed by atoms with E-state index in [0.717, 1.165) is 25.9 Å². The highest BCUT2D eigenvalue weighted by Crippen LogP contribution is 2.15. The van der Waals surface area contributed by atoms with Crippen LogP contribution in [0, 0.1) is 11.3 Å². The highest BCUT2D eigenvalue weighted by atomic mass is 32.2. The molecule has 2 heterocycles. The predicted octanol–water partition coefficient (Wildman–Crippen LogP) is 0.813. The van der Waals surface area contributed by atoms with Crippen molar-refractivity contribution in [3.8, 4) is 6.07 Å². The molecule has 0 spiro atoms. The summed E-state index contributed by atoms with van der Waals surface area (Å²) in [6.07, 6.45) is 3.55. The summed E-state index contributed by atoms with van der Waals surface area (Å²) in [5.41, 5.74) is 0.516. The molecule has 0 aliphatic carbocycles. The van der Waals surface area contributed by atoms with Gasteiger partial charge in [0.05, 0.1) is 27.7 Å². The molecular formula is C11H13N3OS.